The average molecular weight is 424 g/mol. The van der Waals surface area contributed by atoms with Gasteiger partial charge in [-0.3, -0.25) is 0 Å². The molecule has 28 heavy (non-hydrogen) atoms. The maximum absolute atomic E-state index is 13.1. The highest BCUT2D eigenvalue weighted by Gasteiger charge is 2.26. The van der Waals surface area contributed by atoms with Crippen molar-refractivity contribution < 1.29 is 17.6 Å². The number of hydrogen-bond donors (Lipinski definition) is 2. The first-order valence-electron chi connectivity index (χ1n) is 9.26. The first kappa shape index (κ1) is 20.6. The van der Waals surface area contributed by atoms with E-state index in [1.165, 1.54) is 7.11 Å². The SMILES string of the molecule is COc1ccc(S(=O)(=O)N2CCCCCC2)cc1NC(=S)NCc1ccco1. The van der Waals surface area contributed by atoms with Crippen molar-refractivity contribution >= 4 is 33.0 Å². The summed E-state index contributed by atoms with van der Waals surface area (Å²) in [6, 6.07) is 8.42. The van der Waals surface area contributed by atoms with Crippen LogP contribution >= 0.6 is 12.2 Å². The molecule has 1 fully saturated rings. The molecular formula is C19H25N3O4S2. The van der Waals surface area contributed by atoms with Gasteiger partial charge in [-0.2, -0.15) is 4.31 Å². The number of rotatable bonds is 6. The van der Waals surface area contributed by atoms with Crippen LogP contribution in [0, 0.1) is 0 Å². The van der Waals surface area contributed by atoms with Gasteiger partial charge in [0, 0.05) is 13.1 Å². The maximum Gasteiger partial charge on any atom is 0.243 e. The number of sulfonamides is 1. The largest absolute Gasteiger partial charge is 0.495 e. The monoisotopic (exact) mass is 423 g/mol. The lowest BCUT2D eigenvalue weighted by atomic mass is 10.2. The summed E-state index contributed by atoms with van der Waals surface area (Å²) in [5.74, 6) is 1.26. The van der Waals surface area contributed by atoms with Crippen molar-refractivity contribution in [2.75, 3.05) is 25.5 Å². The molecule has 2 N–H and O–H groups in total. The summed E-state index contributed by atoms with van der Waals surface area (Å²) in [4.78, 5) is 0.228. The van der Waals surface area contributed by atoms with E-state index >= 15 is 0 Å². The van der Waals surface area contributed by atoms with Crippen molar-refractivity contribution in [3.05, 3.63) is 42.4 Å². The average Bonchev–Trinajstić information content (AvgIpc) is 3.05. The number of benzene rings is 1. The van der Waals surface area contributed by atoms with Gasteiger partial charge in [-0.15, -0.1) is 0 Å². The summed E-state index contributed by atoms with van der Waals surface area (Å²) in [5.41, 5.74) is 0.496. The predicted octanol–water partition coefficient (Wildman–Crippen LogP) is 3.34. The number of anilines is 1. The highest BCUT2D eigenvalue weighted by Crippen LogP contribution is 2.29. The molecule has 0 saturated carbocycles. The molecule has 1 saturated heterocycles. The maximum atomic E-state index is 13.1. The highest BCUT2D eigenvalue weighted by atomic mass is 32.2. The molecule has 9 heteroatoms. The number of nitrogens with one attached hydrogen (secondary N) is 2. The zero-order valence-electron chi connectivity index (χ0n) is 15.8. The van der Waals surface area contributed by atoms with Crippen LogP contribution in [-0.2, 0) is 16.6 Å². The van der Waals surface area contributed by atoms with Gasteiger partial charge >= 0.3 is 0 Å². The standard InChI is InChI=1S/C19H25N3O4S2/c1-25-18-9-8-16(28(23,24)22-10-4-2-3-5-11-22)13-17(18)21-19(27)20-14-15-7-6-12-26-15/h6-9,12-13H,2-5,10-11,14H2,1H3,(H2,20,21,27). The number of methoxy groups -OCH3 is 1. The molecule has 152 valence electrons. The molecule has 2 aromatic rings. The number of nitrogens with zero attached hydrogens (tertiary/aromatic N) is 1. The van der Waals surface area contributed by atoms with Gasteiger partial charge in [0.25, 0.3) is 0 Å². The van der Waals surface area contributed by atoms with Gasteiger partial charge in [0.2, 0.25) is 10.0 Å². The summed E-state index contributed by atoms with van der Waals surface area (Å²) in [6.45, 7) is 1.54. The lowest BCUT2D eigenvalue weighted by Gasteiger charge is -2.21. The van der Waals surface area contributed by atoms with Crippen LogP contribution in [0.25, 0.3) is 0 Å². The van der Waals surface area contributed by atoms with E-state index in [-0.39, 0.29) is 4.90 Å². The van der Waals surface area contributed by atoms with Crippen LogP contribution in [0.3, 0.4) is 0 Å². The summed E-state index contributed by atoms with van der Waals surface area (Å²) < 4.78 is 38.3. The van der Waals surface area contributed by atoms with E-state index in [0.717, 1.165) is 31.4 Å². The fraction of sp³-hybridized carbons (Fsp3) is 0.421. The zero-order valence-corrected chi connectivity index (χ0v) is 17.4. The molecule has 1 aliphatic heterocycles. The summed E-state index contributed by atoms with van der Waals surface area (Å²) in [6.07, 6.45) is 5.50. The number of ether oxygens (including phenoxy) is 1. The Morgan fingerprint density at radius 2 is 1.96 bits per heavy atom. The Kier molecular flexibility index (Phi) is 6.93. The third kappa shape index (κ3) is 5.03. The first-order chi connectivity index (χ1) is 13.5. The summed E-state index contributed by atoms with van der Waals surface area (Å²) in [5, 5.41) is 6.39. The molecule has 1 aromatic carbocycles. The van der Waals surface area contributed by atoms with E-state index in [4.69, 9.17) is 21.4 Å². The molecule has 1 aliphatic rings. The fourth-order valence-electron chi connectivity index (χ4n) is 3.12. The van der Waals surface area contributed by atoms with Gasteiger partial charge < -0.3 is 19.8 Å². The minimum Gasteiger partial charge on any atom is -0.495 e. The van der Waals surface area contributed by atoms with Crippen LogP contribution in [-0.4, -0.2) is 38.0 Å². The molecule has 3 rings (SSSR count). The molecular weight excluding hydrogens is 398 g/mol. The van der Waals surface area contributed by atoms with Crippen molar-refractivity contribution in [3.8, 4) is 5.75 Å². The Morgan fingerprint density at radius 3 is 2.61 bits per heavy atom. The second kappa shape index (κ2) is 9.40. The number of thiocarbonyl (C=S) groups is 1. The van der Waals surface area contributed by atoms with Crippen LogP contribution in [0.2, 0.25) is 0 Å². The summed E-state index contributed by atoms with van der Waals surface area (Å²) >= 11 is 5.32. The molecule has 0 bridgehead atoms. The van der Waals surface area contributed by atoms with Crippen LogP contribution < -0.4 is 15.4 Å². The normalized spacial score (nSPS) is 15.6. The Balaban J connectivity index is 1.76. The molecule has 7 nitrogen and oxygen atoms in total. The minimum atomic E-state index is -3.56. The number of hydrogen-bond acceptors (Lipinski definition) is 5. The third-order valence-electron chi connectivity index (χ3n) is 4.63. The Hall–Kier alpha value is -2.10. The van der Waals surface area contributed by atoms with E-state index < -0.39 is 10.0 Å². The molecule has 0 atom stereocenters. The zero-order chi connectivity index (χ0) is 20.0. The number of furan rings is 1. The van der Waals surface area contributed by atoms with Crippen molar-refractivity contribution in [3.63, 3.8) is 0 Å². The van der Waals surface area contributed by atoms with E-state index in [1.54, 1.807) is 34.8 Å². The molecule has 0 unspecified atom stereocenters. The Labute approximate surface area is 171 Å². The molecule has 1 aromatic heterocycles. The summed E-state index contributed by atoms with van der Waals surface area (Å²) in [7, 11) is -2.03. The molecule has 0 aliphatic carbocycles. The van der Waals surface area contributed by atoms with E-state index in [1.807, 2.05) is 6.07 Å². The van der Waals surface area contributed by atoms with Crippen LogP contribution in [0.5, 0.6) is 5.75 Å². The smallest absolute Gasteiger partial charge is 0.243 e. The van der Waals surface area contributed by atoms with E-state index in [2.05, 4.69) is 10.6 Å². The van der Waals surface area contributed by atoms with Gasteiger partial charge in [0.1, 0.15) is 11.5 Å². The van der Waals surface area contributed by atoms with Crippen LogP contribution in [0.4, 0.5) is 5.69 Å². The van der Waals surface area contributed by atoms with Gasteiger partial charge in [0.05, 0.1) is 30.5 Å². The molecule has 0 spiro atoms. The Bertz CT molecular complexity index is 890. The lowest BCUT2D eigenvalue weighted by Crippen LogP contribution is -2.32. The van der Waals surface area contributed by atoms with Gasteiger partial charge in [-0.25, -0.2) is 8.42 Å². The third-order valence-corrected chi connectivity index (χ3v) is 6.77. The van der Waals surface area contributed by atoms with Gasteiger partial charge in [-0.05, 0) is 55.4 Å². The van der Waals surface area contributed by atoms with Crippen molar-refractivity contribution in [1.29, 1.82) is 0 Å². The Morgan fingerprint density at radius 1 is 1.21 bits per heavy atom. The van der Waals surface area contributed by atoms with Crippen LogP contribution in [0.15, 0.2) is 45.9 Å². The van der Waals surface area contributed by atoms with Gasteiger partial charge in [-0.1, -0.05) is 12.8 Å². The van der Waals surface area contributed by atoms with Crippen molar-refractivity contribution in [1.82, 2.24) is 9.62 Å². The van der Waals surface area contributed by atoms with E-state index in [9.17, 15) is 8.42 Å². The second-order valence-electron chi connectivity index (χ2n) is 6.57. The quantitative estimate of drug-likeness (QED) is 0.690. The fourth-order valence-corrected chi connectivity index (χ4v) is 4.85. The predicted molar refractivity (Wildman–Crippen MR) is 112 cm³/mol. The second-order valence-corrected chi connectivity index (χ2v) is 8.91. The van der Waals surface area contributed by atoms with Crippen molar-refractivity contribution in [2.45, 2.75) is 37.1 Å². The molecule has 0 amide bonds. The minimum absolute atomic E-state index is 0.228. The highest BCUT2D eigenvalue weighted by molar-refractivity contribution is 7.89. The van der Waals surface area contributed by atoms with Crippen LogP contribution in [0.1, 0.15) is 31.4 Å². The van der Waals surface area contributed by atoms with E-state index in [0.29, 0.717) is 36.2 Å². The molecule has 2 heterocycles. The van der Waals surface area contributed by atoms with Crippen molar-refractivity contribution in [2.24, 2.45) is 0 Å². The lowest BCUT2D eigenvalue weighted by molar-refractivity contribution is 0.415. The molecule has 0 radical (unpaired) electrons. The topological polar surface area (TPSA) is 83.8 Å². The van der Waals surface area contributed by atoms with Gasteiger partial charge in [0.15, 0.2) is 5.11 Å². The first-order valence-corrected chi connectivity index (χ1v) is 11.1.